The lowest BCUT2D eigenvalue weighted by Crippen LogP contribution is -1.77. The number of aromatic hydroxyl groups is 1. The van der Waals surface area contributed by atoms with Crippen LogP contribution in [0.25, 0.3) is 0 Å². The summed E-state index contributed by atoms with van der Waals surface area (Å²) in [6.07, 6.45) is 0. The third-order valence-electron chi connectivity index (χ3n) is 1.78. The molecule has 0 saturated carbocycles. The van der Waals surface area contributed by atoms with E-state index in [9.17, 15) is 0 Å². The molecule has 0 aliphatic carbocycles. The number of hydrogen-bond donors (Lipinski definition) is 2. The smallest absolute Gasteiger partial charge is 0.115 e. The monoisotopic (exact) mass is 202 g/mol. The van der Waals surface area contributed by atoms with Crippen molar-refractivity contribution in [2.45, 2.75) is 6.61 Å². The first-order valence-electron chi connectivity index (χ1n) is 4.71. The third-order valence-corrected chi connectivity index (χ3v) is 1.78. The topological polar surface area (TPSA) is 40.5 Å². The van der Waals surface area contributed by atoms with Crippen molar-refractivity contribution in [1.82, 2.24) is 0 Å². The van der Waals surface area contributed by atoms with Gasteiger partial charge in [0, 0.05) is 0 Å². The van der Waals surface area contributed by atoms with E-state index in [2.05, 4.69) is 0 Å². The van der Waals surface area contributed by atoms with E-state index in [0.29, 0.717) is 5.75 Å². The van der Waals surface area contributed by atoms with Gasteiger partial charge in [0.1, 0.15) is 5.75 Å². The predicted octanol–water partition coefficient (Wildman–Crippen LogP) is 2.57. The molecule has 78 valence electrons. The second kappa shape index (κ2) is 6.62. The molecule has 2 heteroatoms. The van der Waals surface area contributed by atoms with E-state index >= 15 is 0 Å². The normalized spacial score (nSPS) is 8.87. The predicted molar refractivity (Wildman–Crippen MR) is 60.5 cm³/mol. The Bertz CT molecular complexity index is 357. The van der Waals surface area contributed by atoms with Crippen LogP contribution in [0.15, 0.2) is 60.7 Å². The van der Waals surface area contributed by atoms with Crippen LogP contribution >= 0.6 is 0 Å². The van der Waals surface area contributed by atoms with E-state index in [4.69, 9.17) is 10.2 Å². The molecule has 0 saturated heterocycles. The SMILES string of the molecule is OCc1ccccc1.Oc1ccccc1. The summed E-state index contributed by atoms with van der Waals surface area (Å²) in [7, 11) is 0. The Morgan fingerprint density at radius 2 is 1.20 bits per heavy atom. The van der Waals surface area contributed by atoms with E-state index in [1.165, 1.54) is 0 Å². The fourth-order valence-corrected chi connectivity index (χ4v) is 1.01. The number of hydrogen-bond acceptors (Lipinski definition) is 2. The first kappa shape index (κ1) is 11.3. The highest BCUT2D eigenvalue weighted by Crippen LogP contribution is 2.02. The number of phenols is 1. The minimum absolute atomic E-state index is 0.140. The molecule has 0 atom stereocenters. The maximum Gasteiger partial charge on any atom is 0.115 e. The standard InChI is InChI=1S/C7H8O.C6H6O/c8-6-7-4-2-1-3-5-7;7-6-4-2-1-3-5-6/h1-5,8H,6H2;1-5,7H. The van der Waals surface area contributed by atoms with Crippen LogP contribution in [0.3, 0.4) is 0 Å². The lowest BCUT2D eigenvalue weighted by Gasteiger charge is -1.89. The molecule has 0 spiro atoms. The summed E-state index contributed by atoms with van der Waals surface area (Å²) in [6.45, 7) is 0.140. The second-order valence-corrected chi connectivity index (χ2v) is 2.98. The van der Waals surface area contributed by atoms with Gasteiger partial charge in [0.25, 0.3) is 0 Å². The molecule has 0 bridgehead atoms. The van der Waals surface area contributed by atoms with Gasteiger partial charge in [0.05, 0.1) is 6.61 Å². The third kappa shape index (κ3) is 4.84. The average Bonchev–Trinajstić information content (AvgIpc) is 2.32. The fraction of sp³-hybridized carbons (Fsp3) is 0.0769. The van der Waals surface area contributed by atoms with E-state index in [-0.39, 0.29) is 6.61 Å². The number of aliphatic hydroxyl groups excluding tert-OH is 1. The lowest BCUT2D eigenvalue weighted by atomic mass is 10.2. The fourth-order valence-electron chi connectivity index (χ4n) is 1.01. The Labute approximate surface area is 89.4 Å². The highest BCUT2D eigenvalue weighted by Gasteiger charge is 1.81. The Balaban J connectivity index is 0.000000151. The molecule has 0 aromatic heterocycles. The van der Waals surface area contributed by atoms with Gasteiger partial charge >= 0.3 is 0 Å². The first-order chi connectivity index (χ1) is 7.33. The molecule has 15 heavy (non-hydrogen) atoms. The van der Waals surface area contributed by atoms with E-state index in [1.807, 2.05) is 36.4 Å². The zero-order valence-electron chi connectivity index (χ0n) is 8.38. The van der Waals surface area contributed by atoms with Gasteiger partial charge in [-0.2, -0.15) is 0 Å². The number of phenolic OH excluding ortho intramolecular Hbond substituents is 1. The summed E-state index contributed by atoms with van der Waals surface area (Å²) < 4.78 is 0. The number of rotatable bonds is 1. The van der Waals surface area contributed by atoms with Crippen molar-refractivity contribution in [3.05, 3.63) is 66.2 Å². The van der Waals surface area contributed by atoms with Crippen LogP contribution in [0.4, 0.5) is 0 Å². The summed E-state index contributed by atoms with van der Waals surface area (Å²) in [5.41, 5.74) is 0.965. The highest BCUT2D eigenvalue weighted by atomic mass is 16.3. The van der Waals surface area contributed by atoms with Gasteiger partial charge in [-0.1, -0.05) is 48.5 Å². The molecule has 2 N–H and O–H groups in total. The maximum atomic E-state index is 8.63. The molecular formula is C13H14O2. The van der Waals surface area contributed by atoms with Gasteiger partial charge < -0.3 is 10.2 Å². The van der Waals surface area contributed by atoms with Crippen molar-refractivity contribution in [2.75, 3.05) is 0 Å². The average molecular weight is 202 g/mol. The molecular weight excluding hydrogens is 188 g/mol. The van der Waals surface area contributed by atoms with Crippen molar-refractivity contribution < 1.29 is 10.2 Å². The quantitative estimate of drug-likeness (QED) is 0.746. The molecule has 2 aromatic carbocycles. The summed E-state index contributed by atoms with van der Waals surface area (Å²) in [5, 5.41) is 17.2. The summed E-state index contributed by atoms with van der Waals surface area (Å²) in [6, 6.07) is 18.2. The van der Waals surface area contributed by atoms with Crippen LogP contribution in [0.5, 0.6) is 5.75 Å². The minimum Gasteiger partial charge on any atom is -0.508 e. The lowest BCUT2D eigenvalue weighted by molar-refractivity contribution is 0.282. The number of para-hydroxylation sites is 1. The molecule has 0 aliphatic rings. The molecule has 0 radical (unpaired) electrons. The van der Waals surface area contributed by atoms with Gasteiger partial charge in [0.15, 0.2) is 0 Å². The highest BCUT2D eigenvalue weighted by molar-refractivity contribution is 5.18. The maximum absolute atomic E-state index is 8.63. The Hall–Kier alpha value is -1.80. The van der Waals surface area contributed by atoms with Crippen molar-refractivity contribution in [3.8, 4) is 5.75 Å². The van der Waals surface area contributed by atoms with E-state index < -0.39 is 0 Å². The van der Waals surface area contributed by atoms with E-state index in [1.54, 1.807) is 24.3 Å². The minimum atomic E-state index is 0.140. The molecule has 0 fully saturated rings. The van der Waals surface area contributed by atoms with Crippen molar-refractivity contribution in [2.24, 2.45) is 0 Å². The first-order valence-corrected chi connectivity index (χ1v) is 4.71. The summed E-state index contributed by atoms with van der Waals surface area (Å²) in [4.78, 5) is 0. The Morgan fingerprint density at radius 3 is 1.47 bits per heavy atom. The molecule has 0 aliphatic heterocycles. The molecule has 0 amide bonds. The molecule has 0 heterocycles. The van der Waals surface area contributed by atoms with Gasteiger partial charge in [-0.05, 0) is 17.7 Å². The zero-order chi connectivity index (χ0) is 10.9. The van der Waals surface area contributed by atoms with Gasteiger partial charge in [-0.15, -0.1) is 0 Å². The van der Waals surface area contributed by atoms with Crippen molar-refractivity contribution in [3.63, 3.8) is 0 Å². The van der Waals surface area contributed by atoms with Crippen LogP contribution < -0.4 is 0 Å². The molecule has 2 rings (SSSR count). The number of aliphatic hydroxyl groups is 1. The van der Waals surface area contributed by atoms with Crippen molar-refractivity contribution in [1.29, 1.82) is 0 Å². The van der Waals surface area contributed by atoms with Gasteiger partial charge in [-0.3, -0.25) is 0 Å². The van der Waals surface area contributed by atoms with Crippen LogP contribution in [0.1, 0.15) is 5.56 Å². The Kier molecular flexibility index (Phi) is 4.98. The van der Waals surface area contributed by atoms with Crippen LogP contribution in [0, 0.1) is 0 Å². The molecule has 2 aromatic rings. The molecule has 2 nitrogen and oxygen atoms in total. The Morgan fingerprint density at radius 1 is 0.733 bits per heavy atom. The van der Waals surface area contributed by atoms with Crippen LogP contribution in [-0.4, -0.2) is 10.2 Å². The van der Waals surface area contributed by atoms with Crippen LogP contribution in [-0.2, 0) is 6.61 Å². The van der Waals surface area contributed by atoms with Gasteiger partial charge in [0.2, 0.25) is 0 Å². The number of benzene rings is 2. The van der Waals surface area contributed by atoms with E-state index in [0.717, 1.165) is 5.56 Å². The zero-order valence-corrected chi connectivity index (χ0v) is 8.38. The second-order valence-electron chi connectivity index (χ2n) is 2.98. The summed E-state index contributed by atoms with van der Waals surface area (Å²) in [5.74, 6) is 0.322. The largest absolute Gasteiger partial charge is 0.508 e. The summed E-state index contributed by atoms with van der Waals surface area (Å²) >= 11 is 0. The van der Waals surface area contributed by atoms with Gasteiger partial charge in [-0.25, -0.2) is 0 Å². The van der Waals surface area contributed by atoms with Crippen LogP contribution in [0.2, 0.25) is 0 Å². The van der Waals surface area contributed by atoms with Crippen molar-refractivity contribution >= 4 is 0 Å². The molecule has 0 unspecified atom stereocenters.